The van der Waals surface area contributed by atoms with Crippen molar-refractivity contribution in [2.24, 2.45) is 0 Å². The number of likely N-dealkylation sites (tertiary alicyclic amines) is 1. The lowest BCUT2D eigenvalue weighted by Gasteiger charge is -2.38. The number of nitrogens with zero attached hydrogens (tertiary/aromatic N) is 5. The molecule has 2 N–H and O–H groups in total. The first kappa shape index (κ1) is 23.0. The molecule has 7 nitrogen and oxygen atoms in total. The van der Waals surface area contributed by atoms with E-state index in [-0.39, 0.29) is 5.38 Å². The van der Waals surface area contributed by atoms with Gasteiger partial charge in [-0.15, -0.1) is 11.6 Å². The molecule has 4 heterocycles. The second kappa shape index (κ2) is 11.1. The Kier molecular flexibility index (Phi) is 7.53. The number of anilines is 1. The van der Waals surface area contributed by atoms with Gasteiger partial charge < -0.3 is 15.2 Å². The topological polar surface area (TPSA) is 73.0 Å². The quantitative estimate of drug-likeness (QED) is 0.461. The van der Waals surface area contributed by atoms with Crippen LogP contribution in [-0.2, 0) is 13.1 Å². The average molecular weight is 478 g/mol. The van der Waals surface area contributed by atoms with E-state index >= 15 is 0 Å². The van der Waals surface area contributed by atoms with E-state index < -0.39 is 0 Å². The van der Waals surface area contributed by atoms with Gasteiger partial charge in [-0.2, -0.15) is 0 Å². The Morgan fingerprint density at radius 2 is 1.94 bits per heavy atom. The van der Waals surface area contributed by atoms with Crippen LogP contribution in [0, 0.1) is 0 Å². The van der Waals surface area contributed by atoms with Gasteiger partial charge in [0.15, 0.2) is 0 Å². The third-order valence-corrected chi connectivity index (χ3v) is 7.09. The summed E-state index contributed by atoms with van der Waals surface area (Å²) in [5.74, 6) is 0. The fraction of sp³-hybridized carbons (Fsp3) is 0.423. The molecule has 3 aromatic rings. The summed E-state index contributed by atoms with van der Waals surface area (Å²) < 4.78 is 0. The maximum absolute atomic E-state index is 6.26. The van der Waals surface area contributed by atoms with Gasteiger partial charge in [-0.1, -0.05) is 6.08 Å². The largest absolute Gasteiger partial charge is 0.383 e. The van der Waals surface area contributed by atoms with Crippen LogP contribution in [0.2, 0.25) is 0 Å². The summed E-state index contributed by atoms with van der Waals surface area (Å²) in [6.07, 6.45) is 16.8. The molecule has 1 unspecified atom stereocenters. The number of H-pyrrole nitrogens is 1. The molecule has 0 spiro atoms. The molecule has 3 aromatic heterocycles. The van der Waals surface area contributed by atoms with Gasteiger partial charge in [0.2, 0.25) is 0 Å². The van der Waals surface area contributed by atoms with Crippen molar-refractivity contribution in [2.45, 2.75) is 43.8 Å². The van der Waals surface area contributed by atoms with Gasteiger partial charge in [-0.3, -0.25) is 14.9 Å². The van der Waals surface area contributed by atoms with Crippen LogP contribution in [0.5, 0.6) is 0 Å². The van der Waals surface area contributed by atoms with E-state index in [0.29, 0.717) is 6.04 Å². The highest BCUT2D eigenvalue weighted by molar-refractivity contribution is 6.24. The van der Waals surface area contributed by atoms with Gasteiger partial charge in [0.1, 0.15) is 0 Å². The molecule has 178 valence electrons. The van der Waals surface area contributed by atoms with Crippen LogP contribution < -0.4 is 15.9 Å². The van der Waals surface area contributed by atoms with E-state index in [2.05, 4.69) is 59.3 Å². The van der Waals surface area contributed by atoms with Crippen LogP contribution in [-0.4, -0.2) is 67.3 Å². The SMILES string of the molecule is ClC1C=c2nccc(NCCN3CCC(N(Cc4ccncc4)Cc4cnc[nH]4)CC3)c2=CC1. The molecule has 0 saturated carbocycles. The van der Waals surface area contributed by atoms with Crippen molar-refractivity contribution in [3.63, 3.8) is 0 Å². The van der Waals surface area contributed by atoms with Crippen LogP contribution >= 0.6 is 11.6 Å². The Bertz CT molecular complexity index is 1160. The number of fused-ring (bicyclic) bond motifs is 1. The van der Waals surface area contributed by atoms with E-state index in [9.17, 15) is 0 Å². The molecule has 5 rings (SSSR count). The number of piperidine rings is 1. The van der Waals surface area contributed by atoms with Crippen LogP contribution in [0.25, 0.3) is 12.2 Å². The predicted octanol–water partition coefficient (Wildman–Crippen LogP) is 2.35. The van der Waals surface area contributed by atoms with Gasteiger partial charge in [-0.05, 0) is 62.2 Å². The minimum atomic E-state index is 0.0444. The minimum Gasteiger partial charge on any atom is -0.383 e. The van der Waals surface area contributed by atoms with Crippen molar-refractivity contribution in [3.05, 3.63) is 71.1 Å². The molecular weight excluding hydrogens is 446 g/mol. The Labute approximate surface area is 205 Å². The fourth-order valence-corrected chi connectivity index (χ4v) is 5.15. The second-order valence-corrected chi connectivity index (χ2v) is 9.68. The first-order chi connectivity index (χ1) is 16.7. The zero-order valence-electron chi connectivity index (χ0n) is 19.4. The molecule has 0 aromatic carbocycles. The highest BCUT2D eigenvalue weighted by Gasteiger charge is 2.25. The normalized spacial score (nSPS) is 18.8. The van der Waals surface area contributed by atoms with Crippen LogP contribution in [0.1, 0.15) is 30.5 Å². The van der Waals surface area contributed by atoms with Crippen molar-refractivity contribution in [2.75, 3.05) is 31.5 Å². The van der Waals surface area contributed by atoms with Crippen LogP contribution in [0.15, 0.2) is 49.3 Å². The highest BCUT2D eigenvalue weighted by Crippen LogP contribution is 2.21. The van der Waals surface area contributed by atoms with Crippen molar-refractivity contribution in [1.29, 1.82) is 0 Å². The zero-order valence-corrected chi connectivity index (χ0v) is 20.2. The zero-order chi connectivity index (χ0) is 23.2. The molecule has 1 fully saturated rings. The number of hydrogen-bond donors (Lipinski definition) is 2. The average Bonchev–Trinajstić information content (AvgIpc) is 3.38. The Balaban J connectivity index is 1.15. The van der Waals surface area contributed by atoms with E-state index in [1.807, 2.05) is 30.9 Å². The van der Waals surface area contributed by atoms with E-state index in [1.165, 1.54) is 23.6 Å². The molecule has 1 aliphatic heterocycles. The van der Waals surface area contributed by atoms with Gasteiger partial charge in [0.05, 0.1) is 17.1 Å². The smallest absolute Gasteiger partial charge is 0.0922 e. The van der Waals surface area contributed by atoms with E-state index in [1.54, 1.807) is 6.33 Å². The third kappa shape index (κ3) is 5.84. The van der Waals surface area contributed by atoms with Crippen LogP contribution in [0.4, 0.5) is 5.69 Å². The molecule has 0 amide bonds. The number of hydrogen-bond acceptors (Lipinski definition) is 6. The molecule has 0 bridgehead atoms. The first-order valence-corrected chi connectivity index (χ1v) is 12.6. The number of pyridine rings is 2. The summed E-state index contributed by atoms with van der Waals surface area (Å²) in [4.78, 5) is 21.3. The van der Waals surface area contributed by atoms with Crippen molar-refractivity contribution in [1.82, 2.24) is 29.7 Å². The molecule has 2 aliphatic rings. The van der Waals surface area contributed by atoms with Gasteiger partial charge >= 0.3 is 0 Å². The number of aromatic amines is 1. The number of imidazole rings is 1. The lowest BCUT2D eigenvalue weighted by Crippen LogP contribution is -2.45. The van der Waals surface area contributed by atoms with Crippen molar-refractivity contribution >= 4 is 29.4 Å². The van der Waals surface area contributed by atoms with Crippen LogP contribution in [0.3, 0.4) is 0 Å². The van der Waals surface area contributed by atoms with E-state index in [0.717, 1.165) is 62.4 Å². The molecule has 34 heavy (non-hydrogen) atoms. The predicted molar refractivity (Wildman–Crippen MR) is 137 cm³/mol. The molecule has 1 saturated heterocycles. The molecule has 8 heteroatoms. The summed E-state index contributed by atoms with van der Waals surface area (Å²) in [5.41, 5.74) is 3.62. The van der Waals surface area contributed by atoms with Crippen molar-refractivity contribution in [3.8, 4) is 0 Å². The van der Waals surface area contributed by atoms with Gasteiger partial charge in [-0.25, -0.2) is 4.98 Å². The maximum Gasteiger partial charge on any atom is 0.0922 e. The summed E-state index contributed by atoms with van der Waals surface area (Å²) in [6, 6.07) is 6.85. The summed E-state index contributed by atoms with van der Waals surface area (Å²) in [7, 11) is 0. The number of rotatable bonds is 9. The van der Waals surface area contributed by atoms with Gasteiger partial charge in [0, 0.05) is 73.6 Å². The van der Waals surface area contributed by atoms with Gasteiger partial charge in [0.25, 0.3) is 0 Å². The fourth-order valence-electron chi connectivity index (χ4n) is 4.94. The Hall–Kier alpha value is -2.74. The lowest BCUT2D eigenvalue weighted by atomic mass is 10.0. The maximum atomic E-state index is 6.26. The Morgan fingerprint density at radius 1 is 1.09 bits per heavy atom. The number of alkyl halides is 1. The third-order valence-electron chi connectivity index (χ3n) is 6.79. The summed E-state index contributed by atoms with van der Waals surface area (Å²) in [5, 5.41) is 5.85. The lowest BCUT2D eigenvalue weighted by molar-refractivity contribution is 0.0975. The Morgan fingerprint density at radius 3 is 2.74 bits per heavy atom. The molecule has 0 radical (unpaired) electrons. The number of nitrogens with one attached hydrogen (secondary N) is 2. The standard InChI is InChI=1S/C26H32ClN7/c27-21-1-2-24-25(5-10-30-26(24)15-21)31-11-14-33-12-6-23(7-13-33)34(18-22-16-29-19-32-22)17-20-3-8-28-9-4-20/h2-5,8-10,15-16,19,21,23,31H,1,6-7,11-14,17-18H2,(H,29,32). The summed E-state index contributed by atoms with van der Waals surface area (Å²) >= 11 is 6.26. The molecule has 1 atom stereocenters. The number of halogens is 1. The summed E-state index contributed by atoms with van der Waals surface area (Å²) in [6.45, 7) is 6.01. The number of aromatic nitrogens is 4. The molecular formula is C26H32ClN7. The van der Waals surface area contributed by atoms with E-state index in [4.69, 9.17) is 11.6 Å². The second-order valence-electron chi connectivity index (χ2n) is 9.12. The minimum absolute atomic E-state index is 0.0444. The molecule has 1 aliphatic carbocycles. The highest BCUT2D eigenvalue weighted by atomic mass is 35.5. The monoisotopic (exact) mass is 477 g/mol. The first-order valence-electron chi connectivity index (χ1n) is 12.1. The van der Waals surface area contributed by atoms with Crippen molar-refractivity contribution < 1.29 is 0 Å².